The zero-order chi connectivity index (χ0) is 11.5. The maximum atomic E-state index is 11.6. The van der Waals surface area contributed by atoms with Crippen molar-refractivity contribution in [3.63, 3.8) is 0 Å². The lowest BCUT2D eigenvalue weighted by atomic mass is 10.2. The van der Waals surface area contributed by atoms with Gasteiger partial charge in [0.25, 0.3) is 10.2 Å². The highest BCUT2D eigenvalue weighted by atomic mass is 32.2. The third-order valence-electron chi connectivity index (χ3n) is 2.83. The maximum Gasteiger partial charge on any atom is 0.279 e. The molecule has 90 valence electrons. The van der Waals surface area contributed by atoms with Crippen molar-refractivity contribution >= 4 is 10.2 Å². The lowest BCUT2D eigenvalue weighted by molar-refractivity contribution is 0.275. The van der Waals surface area contributed by atoms with Crippen molar-refractivity contribution in [3.8, 4) is 0 Å². The summed E-state index contributed by atoms with van der Waals surface area (Å²) in [6, 6.07) is 0. The van der Waals surface area contributed by atoms with Crippen molar-refractivity contribution in [1.82, 2.24) is 9.03 Å². The number of aliphatic hydroxyl groups excluding tert-OH is 1. The first-order valence-corrected chi connectivity index (χ1v) is 6.65. The average Bonchev–Trinajstić information content (AvgIpc) is 2.91. The summed E-state index contributed by atoms with van der Waals surface area (Å²) in [7, 11) is -1.83. The highest BCUT2D eigenvalue weighted by molar-refractivity contribution is 7.87. The van der Waals surface area contributed by atoms with Gasteiger partial charge in [-0.1, -0.05) is 6.92 Å². The number of nitrogens with one attached hydrogen (secondary N) is 1. The summed E-state index contributed by atoms with van der Waals surface area (Å²) in [5.41, 5.74) is 0.172. The molecule has 1 rings (SSSR count). The van der Waals surface area contributed by atoms with Crippen LogP contribution in [0.4, 0.5) is 0 Å². The second-order valence-electron chi connectivity index (χ2n) is 4.54. The molecule has 6 heteroatoms. The summed E-state index contributed by atoms with van der Waals surface area (Å²) in [5.74, 6) is 0. The molecule has 0 atom stereocenters. The molecule has 0 spiro atoms. The van der Waals surface area contributed by atoms with Crippen molar-refractivity contribution in [2.24, 2.45) is 5.41 Å². The summed E-state index contributed by atoms with van der Waals surface area (Å²) >= 11 is 0. The zero-order valence-electron chi connectivity index (χ0n) is 9.36. The van der Waals surface area contributed by atoms with Gasteiger partial charge < -0.3 is 5.11 Å². The van der Waals surface area contributed by atoms with Crippen molar-refractivity contribution in [2.45, 2.75) is 26.2 Å². The van der Waals surface area contributed by atoms with Gasteiger partial charge in [-0.25, -0.2) is 4.72 Å². The first kappa shape index (κ1) is 12.9. The Morgan fingerprint density at radius 1 is 1.47 bits per heavy atom. The monoisotopic (exact) mass is 236 g/mol. The van der Waals surface area contributed by atoms with Crippen LogP contribution in [0.5, 0.6) is 0 Å². The van der Waals surface area contributed by atoms with Crippen LogP contribution < -0.4 is 4.72 Å². The van der Waals surface area contributed by atoms with Gasteiger partial charge in [0.1, 0.15) is 0 Å². The van der Waals surface area contributed by atoms with Crippen LogP contribution in [0.2, 0.25) is 0 Å². The van der Waals surface area contributed by atoms with Crippen LogP contribution in [0.3, 0.4) is 0 Å². The summed E-state index contributed by atoms with van der Waals surface area (Å²) in [6.07, 6.45) is 2.65. The first-order chi connectivity index (χ1) is 6.90. The highest BCUT2D eigenvalue weighted by Crippen LogP contribution is 2.44. The molecule has 0 aromatic rings. The molecule has 0 aliphatic heterocycles. The van der Waals surface area contributed by atoms with Crippen molar-refractivity contribution in [1.29, 1.82) is 0 Å². The molecule has 0 bridgehead atoms. The second-order valence-corrected chi connectivity index (χ2v) is 6.40. The van der Waals surface area contributed by atoms with Crippen molar-refractivity contribution in [3.05, 3.63) is 0 Å². The van der Waals surface area contributed by atoms with Crippen LogP contribution in [0, 0.1) is 5.41 Å². The predicted octanol–water partition coefficient (Wildman–Crippen LogP) is -0.0649. The SMILES string of the molecule is CN(CCCO)S(=O)(=O)NCC1(C)CC1. The molecule has 1 aliphatic carbocycles. The molecule has 1 saturated carbocycles. The number of aliphatic hydroxyl groups is 1. The van der Waals surface area contributed by atoms with Crippen LogP contribution in [0.15, 0.2) is 0 Å². The second kappa shape index (κ2) is 4.78. The molecular weight excluding hydrogens is 216 g/mol. The van der Waals surface area contributed by atoms with E-state index in [1.54, 1.807) is 0 Å². The Balaban J connectivity index is 2.36. The molecule has 15 heavy (non-hydrogen) atoms. The largest absolute Gasteiger partial charge is 0.396 e. The Morgan fingerprint density at radius 3 is 2.53 bits per heavy atom. The fraction of sp³-hybridized carbons (Fsp3) is 1.00. The molecule has 5 nitrogen and oxygen atoms in total. The maximum absolute atomic E-state index is 11.6. The van der Waals surface area contributed by atoms with Gasteiger partial charge in [-0.15, -0.1) is 0 Å². The molecule has 0 aromatic carbocycles. The van der Waals surface area contributed by atoms with Crippen LogP contribution in [-0.2, 0) is 10.2 Å². The van der Waals surface area contributed by atoms with E-state index < -0.39 is 10.2 Å². The topological polar surface area (TPSA) is 69.6 Å². The van der Waals surface area contributed by atoms with E-state index in [0.29, 0.717) is 19.5 Å². The predicted molar refractivity (Wildman–Crippen MR) is 58.6 cm³/mol. The van der Waals surface area contributed by atoms with Crippen LogP contribution >= 0.6 is 0 Å². The molecule has 0 aromatic heterocycles. The van der Waals surface area contributed by atoms with E-state index in [1.165, 1.54) is 11.4 Å². The smallest absolute Gasteiger partial charge is 0.279 e. The van der Waals surface area contributed by atoms with E-state index in [9.17, 15) is 8.42 Å². The Kier molecular flexibility index (Phi) is 4.11. The van der Waals surface area contributed by atoms with E-state index in [4.69, 9.17) is 5.11 Å². The molecular formula is C9H20N2O3S. The minimum absolute atomic E-state index is 0.0115. The zero-order valence-corrected chi connectivity index (χ0v) is 10.2. The minimum Gasteiger partial charge on any atom is -0.396 e. The number of hydrogen-bond donors (Lipinski definition) is 2. The average molecular weight is 236 g/mol. The van der Waals surface area contributed by atoms with Gasteiger partial charge >= 0.3 is 0 Å². The Morgan fingerprint density at radius 2 is 2.07 bits per heavy atom. The van der Waals surface area contributed by atoms with E-state index >= 15 is 0 Å². The fourth-order valence-corrected chi connectivity index (χ4v) is 2.30. The molecule has 0 heterocycles. The normalized spacial score (nSPS) is 19.5. The van der Waals surface area contributed by atoms with Gasteiger partial charge in [0.15, 0.2) is 0 Å². The summed E-state index contributed by atoms with van der Waals surface area (Å²) in [4.78, 5) is 0. The first-order valence-electron chi connectivity index (χ1n) is 5.21. The standard InChI is InChI=1S/C9H20N2O3S/c1-9(4-5-9)8-10-15(13,14)11(2)6-3-7-12/h10,12H,3-8H2,1-2H3. The van der Waals surface area contributed by atoms with Gasteiger partial charge in [0.2, 0.25) is 0 Å². The lowest BCUT2D eigenvalue weighted by Crippen LogP contribution is -2.41. The van der Waals surface area contributed by atoms with Crippen molar-refractivity contribution in [2.75, 3.05) is 26.7 Å². The fourth-order valence-electron chi connectivity index (χ4n) is 1.18. The molecule has 1 aliphatic rings. The molecule has 0 radical (unpaired) electrons. The molecule has 1 fully saturated rings. The van der Waals surface area contributed by atoms with Crippen LogP contribution in [-0.4, -0.2) is 44.6 Å². The number of rotatable bonds is 7. The molecule has 0 unspecified atom stereocenters. The van der Waals surface area contributed by atoms with E-state index in [2.05, 4.69) is 11.6 Å². The van der Waals surface area contributed by atoms with Crippen LogP contribution in [0.1, 0.15) is 26.2 Å². The molecule has 0 amide bonds. The van der Waals surface area contributed by atoms with Gasteiger partial charge in [0.05, 0.1) is 0 Å². The Labute approximate surface area is 91.7 Å². The summed E-state index contributed by atoms with van der Waals surface area (Å²) < 4.78 is 27.1. The molecule has 2 N–H and O–H groups in total. The van der Waals surface area contributed by atoms with Gasteiger partial charge in [0, 0.05) is 26.7 Å². The highest BCUT2D eigenvalue weighted by Gasteiger charge is 2.38. The summed E-state index contributed by atoms with van der Waals surface area (Å²) in [5, 5.41) is 8.61. The van der Waals surface area contributed by atoms with Gasteiger partial charge in [-0.05, 0) is 24.7 Å². The van der Waals surface area contributed by atoms with E-state index in [1.807, 2.05) is 0 Å². The van der Waals surface area contributed by atoms with E-state index in [-0.39, 0.29) is 12.0 Å². The molecule has 0 saturated heterocycles. The lowest BCUT2D eigenvalue weighted by Gasteiger charge is -2.18. The Hall–Kier alpha value is -0.170. The van der Waals surface area contributed by atoms with Crippen molar-refractivity contribution < 1.29 is 13.5 Å². The van der Waals surface area contributed by atoms with Gasteiger partial charge in [-0.3, -0.25) is 0 Å². The quantitative estimate of drug-likeness (QED) is 0.650. The van der Waals surface area contributed by atoms with Crippen LogP contribution in [0.25, 0.3) is 0 Å². The third kappa shape index (κ3) is 4.06. The van der Waals surface area contributed by atoms with E-state index in [0.717, 1.165) is 12.8 Å². The minimum atomic E-state index is -3.35. The summed E-state index contributed by atoms with van der Waals surface area (Å²) in [6.45, 7) is 2.95. The Bertz CT molecular complexity index is 298. The number of hydrogen-bond acceptors (Lipinski definition) is 3. The van der Waals surface area contributed by atoms with Gasteiger partial charge in [-0.2, -0.15) is 12.7 Å². The number of nitrogens with zero attached hydrogens (tertiary/aromatic N) is 1. The third-order valence-corrected chi connectivity index (χ3v) is 4.34.